The summed E-state index contributed by atoms with van der Waals surface area (Å²) in [6.07, 6.45) is 7.17. The Kier molecular flexibility index (Phi) is 11.9. The van der Waals surface area contributed by atoms with Gasteiger partial charge in [-0.05, 0) is 58.0 Å². The maximum atomic E-state index is 13.2. The van der Waals surface area contributed by atoms with Crippen LogP contribution < -0.4 is 0 Å². The van der Waals surface area contributed by atoms with Crippen LogP contribution in [0, 0.1) is 11.8 Å². The Morgan fingerprint density at radius 2 is 1.91 bits per heavy atom. The van der Waals surface area contributed by atoms with Crippen molar-refractivity contribution in [1.29, 1.82) is 0 Å². The van der Waals surface area contributed by atoms with Gasteiger partial charge < -0.3 is 19.4 Å². The number of methoxy groups -OCH3 is 1. The molecule has 7 heteroatoms. The highest BCUT2D eigenvalue weighted by Gasteiger charge is 2.41. The number of hydrogen-bond donors (Lipinski definition) is 0. The first kappa shape index (κ1) is 27.8. The fraction of sp³-hybridized carbons (Fsp3) is 0.846. The summed E-state index contributed by atoms with van der Waals surface area (Å²) >= 11 is 0. The number of amides is 1. The maximum absolute atomic E-state index is 13.2. The molecule has 1 saturated heterocycles. The summed E-state index contributed by atoms with van der Waals surface area (Å²) in [7, 11) is 7.80. The number of hydrogen-bond acceptors (Lipinski definition) is 6. The van der Waals surface area contributed by atoms with E-state index in [1.54, 1.807) is 7.11 Å². The number of ketones is 1. The van der Waals surface area contributed by atoms with Crippen molar-refractivity contribution >= 4 is 11.7 Å². The Labute approximate surface area is 202 Å². The number of piperidine rings is 1. The van der Waals surface area contributed by atoms with Crippen molar-refractivity contribution in [2.24, 2.45) is 11.8 Å². The van der Waals surface area contributed by atoms with Crippen LogP contribution in [0.2, 0.25) is 0 Å². The van der Waals surface area contributed by atoms with Crippen LogP contribution in [0.1, 0.15) is 52.4 Å². The molecule has 1 heterocycles. The van der Waals surface area contributed by atoms with E-state index in [0.29, 0.717) is 36.5 Å². The van der Waals surface area contributed by atoms with Crippen LogP contribution >= 0.6 is 0 Å². The molecule has 0 N–H and O–H groups in total. The van der Waals surface area contributed by atoms with Crippen molar-refractivity contribution < 1.29 is 14.3 Å². The van der Waals surface area contributed by atoms with E-state index in [0.717, 1.165) is 77.1 Å². The molecule has 7 nitrogen and oxygen atoms in total. The molecule has 190 valence electrons. The summed E-state index contributed by atoms with van der Waals surface area (Å²) in [5, 5.41) is 0. The van der Waals surface area contributed by atoms with Crippen LogP contribution in [0.25, 0.3) is 0 Å². The van der Waals surface area contributed by atoms with Crippen molar-refractivity contribution in [3.05, 3.63) is 11.8 Å². The summed E-state index contributed by atoms with van der Waals surface area (Å²) in [4.78, 5) is 34.8. The first-order valence-electron chi connectivity index (χ1n) is 12.9. The fourth-order valence-electron chi connectivity index (χ4n) is 5.49. The second-order valence-electron chi connectivity index (χ2n) is 10.2. The minimum atomic E-state index is 0.262. The van der Waals surface area contributed by atoms with E-state index in [4.69, 9.17) is 4.74 Å². The lowest BCUT2D eigenvalue weighted by Crippen LogP contribution is -2.52. The molecule has 1 amide bonds. The van der Waals surface area contributed by atoms with Gasteiger partial charge in [0.1, 0.15) is 0 Å². The Morgan fingerprint density at radius 1 is 1.15 bits per heavy atom. The Hall–Kier alpha value is -1.44. The van der Waals surface area contributed by atoms with Gasteiger partial charge in [0, 0.05) is 91.2 Å². The summed E-state index contributed by atoms with van der Waals surface area (Å²) in [6.45, 7) is 10.5. The highest BCUT2D eigenvalue weighted by molar-refractivity contribution is 5.96. The van der Waals surface area contributed by atoms with Gasteiger partial charge in [0.15, 0.2) is 5.78 Å². The third kappa shape index (κ3) is 8.69. The molecule has 2 aliphatic rings. The van der Waals surface area contributed by atoms with Crippen LogP contribution in [0.15, 0.2) is 11.8 Å². The lowest BCUT2D eigenvalue weighted by atomic mass is 9.72. The minimum Gasteiger partial charge on any atom is -0.385 e. The Morgan fingerprint density at radius 3 is 2.55 bits per heavy atom. The van der Waals surface area contributed by atoms with Crippen LogP contribution in [-0.4, -0.2) is 111 Å². The number of rotatable bonds is 13. The third-order valence-electron chi connectivity index (χ3n) is 7.14. The summed E-state index contributed by atoms with van der Waals surface area (Å²) in [6, 6.07) is 0.434. The van der Waals surface area contributed by atoms with Gasteiger partial charge in [-0.1, -0.05) is 6.92 Å². The number of likely N-dealkylation sites (N-methyl/N-ethyl adjacent to an activating group) is 2. The molecule has 3 atom stereocenters. The zero-order valence-electron chi connectivity index (χ0n) is 22.0. The molecule has 33 heavy (non-hydrogen) atoms. The molecular weight excluding hydrogens is 416 g/mol. The van der Waals surface area contributed by atoms with Crippen molar-refractivity contribution in [3.8, 4) is 0 Å². The highest BCUT2D eigenvalue weighted by atomic mass is 16.5. The number of carbonyl (C=O) groups is 2. The van der Waals surface area contributed by atoms with E-state index in [9.17, 15) is 9.59 Å². The van der Waals surface area contributed by atoms with Gasteiger partial charge in [-0.3, -0.25) is 14.5 Å². The highest BCUT2D eigenvalue weighted by Crippen LogP contribution is 2.39. The van der Waals surface area contributed by atoms with Crippen molar-refractivity contribution in [2.75, 3.05) is 74.1 Å². The standard InChI is InChI=1S/C26H48N4O3/c1-7-10-30-19-21(15-22-18-25(31)23(17-24(22)30)20-27(3)4)16-26(32)29(8-2)13-12-28(5)11-9-14-33-6/h20-22,24H,7-19H2,1-6H3/t21-,22-,24-/m1/s1. The molecule has 1 aliphatic heterocycles. The topological polar surface area (TPSA) is 56.3 Å². The van der Waals surface area contributed by atoms with Crippen LogP contribution in [-0.2, 0) is 14.3 Å². The minimum absolute atomic E-state index is 0.262. The van der Waals surface area contributed by atoms with Crippen molar-refractivity contribution in [3.63, 3.8) is 0 Å². The summed E-state index contributed by atoms with van der Waals surface area (Å²) in [5.74, 6) is 1.26. The molecule has 0 bridgehead atoms. The van der Waals surface area contributed by atoms with E-state index >= 15 is 0 Å². The largest absolute Gasteiger partial charge is 0.385 e. The summed E-state index contributed by atoms with van der Waals surface area (Å²) < 4.78 is 5.13. The van der Waals surface area contributed by atoms with Gasteiger partial charge in [0.25, 0.3) is 0 Å². The van der Waals surface area contributed by atoms with E-state index in [-0.39, 0.29) is 5.91 Å². The molecular formula is C26H48N4O3. The van der Waals surface area contributed by atoms with Gasteiger partial charge in [-0.25, -0.2) is 0 Å². The molecule has 0 radical (unpaired) electrons. The van der Waals surface area contributed by atoms with Gasteiger partial charge in [-0.2, -0.15) is 0 Å². The molecule has 1 aliphatic carbocycles. The predicted octanol–water partition coefficient (Wildman–Crippen LogP) is 2.72. The van der Waals surface area contributed by atoms with E-state index in [1.807, 2.05) is 30.1 Å². The van der Waals surface area contributed by atoms with E-state index in [2.05, 4.69) is 30.7 Å². The number of likely N-dealkylation sites (tertiary alicyclic amines) is 1. The van der Waals surface area contributed by atoms with Gasteiger partial charge in [0.05, 0.1) is 0 Å². The first-order chi connectivity index (χ1) is 15.8. The maximum Gasteiger partial charge on any atom is 0.222 e. The van der Waals surface area contributed by atoms with Gasteiger partial charge in [0.2, 0.25) is 5.91 Å². The smallest absolute Gasteiger partial charge is 0.222 e. The normalized spacial score (nSPS) is 24.9. The molecule has 0 spiro atoms. The lowest BCUT2D eigenvalue weighted by molar-refractivity contribution is -0.133. The molecule has 2 rings (SSSR count). The fourth-order valence-corrected chi connectivity index (χ4v) is 5.49. The first-order valence-corrected chi connectivity index (χ1v) is 12.9. The second-order valence-corrected chi connectivity index (χ2v) is 10.2. The number of carbonyl (C=O) groups excluding carboxylic acids is 2. The van der Waals surface area contributed by atoms with Crippen LogP contribution in [0.3, 0.4) is 0 Å². The number of ether oxygens (including phenoxy) is 1. The Bertz CT molecular complexity index is 651. The summed E-state index contributed by atoms with van der Waals surface area (Å²) in [5.41, 5.74) is 0.962. The quantitative estimate of drug-likeness (QED) is 0.309. The number of fused-ring (bicyclic) bond motifs is 1. The average Bonchev–Trinajstić information content (AvgIpc) is 2.75. The molecule has 0 aromatic carbocycles. The SMILES string of the molecule is CCCN1C[C@@H](CC(=O)N(CC)CCN(C)CCCOC)C[C@@H]2CC(=O)C(=CN(C)C)C[C@H]21. The monoisotopic (exact) mass is 464 g/mol. The van der Waals surface area contributed by atoms with Gasteiger partial charge in [-0.15, -0.1) is 0 Å². The zero-order valence-corrected chi connectivity index (χ0v) is 22.0. The molecule has 0 aromatic heterocycles. The van der Waals surface area contributed by atoms with Crippen molar-refractivity contribution in [1.82, 2.24) is 19.6 Å². The number of nitrogens with zero attached hydrogens (tertiary/aromatic N) is 4. The van der Waals surface area contributed by atoms with Crippen LogP contribution in [0.4, 0.5) is 0 Å². The molecule has 1 saturated carbocycles. The molecule has 2 fully saturated rings. The molecule has 0 aromatic rings. The zero-order chi connectivity index (χ0) is 24.4. The lowest BCUT2D eigenvalue weighted by Gasteiger charge is -2.47. The van der Waals surface area contributed by atoms with Crippen LogP contribution in [0.5, 0.6) is 0 Å². The van der Waals surface area contributed by atoms with E-state index in [1.165, 1.54) is 0 Å². The third-order valence-corrected chi connectivity index (χ3v) is 7.14. The van der Waals surface area contributed by atoms with Crippen molar-refractivity contribution in [2.45, 2.75) is 58.4 Å². The average molecular weight is 465 g/mol. The Balaban J connectivity index is 1.95. The second kappa shape index (κ2) is 14.1. The predicted molar refractivity (Wildman–Crippen MR) is 134 cm³/mol. The number of Topliss-reactive ketones (excluding diaryl/α,β-unsaturated/α-hetero) is 1. The molecule has 0 unspecified atom stereocenters. The van der Waals surface area contributed by atoms with E-state index < -0.39 is 0 Å². The van der Waals surface area contributed by atoms with Gasteiger partial charge >= 0.3 is 0 Å².